The minimum atomic E-state index is 0.171. The van der Waals surface area contributed by atoms with E-state index in [-0.39, 0.29) is 11.3 Å². The predicted molar refractivity (Wildman–Crippen MR) is 75.4 cm³/mol. The smallest absolute Gasteiger partial charge is 0.221 e. The number of nitrogens with one attached hydrogen (secondary N) is 2. The molecule has 0 bridgehead atoms. The summed E-state index contributed by atoms with van der Waals surface area (Å²) in [4.78, 5) is 11.8. The molecule has 0 spiro atoms. The highest BCUT2D eigenvalue weighted by molar-refractivity contribution is 7.99. The normalized spacial score (nSPS) is 21.6. The topological polar surface area (TPSA) is 41.1 Å². The van der Waals surface area contributed by atoms with E-state index in [1.54, 1.807) is 0 Å². The molecule has 1 heterocycles. The summed E-state index contributed by atoms with van der Waals surface area (Å²) in [7, 11) is 0. The van der Waals surface area contributed by atoms with Crippen LogP contribution in [0.3, 0.4) is 0 Å². The van der Waals surface area contributed by atoms with Crippen LogP contribution in [0.2, 0.25) is 0 Å². The van der Waals surface area contributed by atoms with Crippen molar-refractivity contribution >= 4 is 17.7 Å². The summed E-state index contributed by atoms with van der Waals surface area (Å²) in [5, 5.41) is 6.45. The molecule has 2 N–H and O–H groups in total. The van der Waals surface area contributed by atoms with Crippen LogP contribution in [0.5, 0.6) is 0 Å². The van der Waals surface area contributed by atoms with Crippen molar-refractivity contribution in [3.8, 4) is 0 Å². The van der Waals surface area contributed by atoms with Crippen molar-refractivity contribution in [2.24, 2.45) is 11.3 Å². The van der Waals surface area contributed by atoms with Gasteiger partial charge in [-0.25, -0.2) is 0 Å². The highest BCUT2D eigenvalue weighted by atomic mass is 32.2. The zero-order valence-corrected chi connectivity index (χ0v) is 12.3. The number of hydrogen-bond donors (Lipinski definition) is 2. The van der Waals surface area contributed by atoms with Crippen LogP contribution < -0.4 is 10.6 Å². The van der Waals surface area contributed by atoms with Crippen LogP contribution in [0.1, 0.15) is 34.1 Å². The lowest BCUT2D eigenvalue weighted by molar-refractivity contribution is -0.122. The second-order valence-corrected chi connectivity index (χ2v) is 7.00. The summed E-state index contributed by atoms with van der Waals surface area (Å²) < 4.78 is 0. The third kappa shape index (κ3) is 5.30. The van der Waals surface area contributed by atoms with E-state index < -0.39 is 0 Å². The third-order valence-electron chi connectivity index (χ3n) is 3.73. The fraction of sp³-hybridized carbons (Fsp3) is 0.923. The van der Waals surface area contributed by atoms with Gasteiger partial charge in [0.1, 0.15) is 0 Å². The predicted octanol–water partition coefficient (Wildman–Crippen LogP) is 1.88. The molecule has 17 heavy (non-hydrogen) atoms. The fourth-order valence-electron chi connectivity index (χ4n) is 1.58. The first kappa shape index (κ1) is 14.8. The van der Waals surface area contributed by atoms with Crippen molar-refractivity contribution in [1.82, 2.24) is 10.6 Å². The van der Waals surface area contributed by atoms with Crippen LogP contribution in [0.15, 0.2) is 0 Å². The molecule has 0 aliphatic carbocycles. The van der Waals surface area contributed by atoms with Crippen LogP contribution in [-0.2, 0) is 4.79 Å². The molecule has 1 amide bonds. The summed E-state index contributed by atoms with van der Waals surface area (Å²) in [5.74, 6) is 2.98. The van der Waals surface area contributed by atoms with Gasteiger partial charge < -0.3 is 10.6 Å². The van der Waals surface area contributed by atoms with Gasteiger partial charge in [0.2, 0.25) is 5.91 Å². The third-order valence-corrected chi connectivity index (χ3v) is 4.87. The minimum absolute atomic E-state index is 0.171. The lowest BCUT2D eigenvalue weighted by Gasteiger charge is -2.30. The van der Waals surface area contributed by atoms with Crippen LogP contribution >= 0.6 is 11.8 Å². The second kappa shape index (κ2) is 6.64. The Hall–Kier alpha value is -0.220. The molecule has 100 valence electrons. The molecule has 0 radical (unpaired) electrons. The van der Waals surface area contributed by atoms with Crippen LogP contribution in [0.4, 0.5) is 0 Å². The molecule has 0 aromatic heterocycles. The van der Waals surface area contributed by atoms with E-state index in [0.29, 0.717) is 18.4 Å². The van der Waals surface area contributed by atoms with Gasteiger partial charge in [-0.15, -0.1) is 0 Å². The van der Waals surface area contributed by atoms with E-state index >= 15 is 0 Å². The van der Waals surface area contributed by atoms with Gasteiger partial charge in [0.15, 0.2) is 0 Å². The summed E-state index contributed by atoms with van der Waals surface area (Å²) in [6.07, 6.45) is 0.612. The van der Waals surface area contributed by atoms with Crippen molar-refractivity contribution in [2.45, 2.75) is 40.2 Å². The van der Waals surface area contributed by atoms with Gasteiger partial charge in [-0.1, -0.05) is 27.7 Å². The Balaban J connectivity index is 2.25. The Labute approximate surface area is 109 Å². The monoisotopic (exact) mass is 258 g/mol. The molecule has 1 fully saturated rings. The van der Waals surface area contributed by atoms with E-state index in [2.05, 4.69) is 38.3 Å². The molecule has 0 saturated carbocycles. The maximum atomic E-state index is 11.8. The Bertz CT molecular complexity index is 248. The highest BCUT2D eigenvalue weighted by Crippen LogP contribution is 2.24. The average molecular weight is 258 g/mol. The standard InChI is InChI=1S/C13H26N2OS/c1-10(2)13(3,4)9-15-12(16)7-11-8-17-6-5-14-11/h10-11,14H,5-9H2,1-4H3,(H,15,16). The van der Waals surface area contributed by atoms with E-state index in [1.165, 1.54) is 5.75 Å². The summed E-state index contributed by atoms with van der Waals surface area (Å²) in [6, 6.07) is 0.357. The number of amides is 1. The first-order valence-corrected chi connectivity index (χ1v) is 7.65. The first-order chi connectivity index (χ1) is 7.92. The number of thioether (sulfide) groups is 1. The molecule has 1 unspecified atom stereocenters. The zero-order valence-electron chi connectivity index (χ0n) is 11.5. The molecule has 3 nitrogen and oxygen atoms in total. The van der Waals surface area contributed by atoms with E-state index in [0.717, 1.165) is 18.8 Å². The molecular formula is C13H26N2OS. The Morgan fingerprint density at radius 3 is 2.76 bits per heavy atom. The van der Waals surface area contributed by atoms with Crippen LogP contribution in [0, 0.1) is 11.3 Å². The lowest BCUT2D eigenvalue weighted by atomic mass is 9.81. The molecule has 1 rings (SSSR count). The largest absolute Gasteiger partial charge is 0.356 e. The summed E-state index contributed by atoms with van der Waals surface area (Å²) in [5.41, 5.74) is 0.171. The highest BCUT2D eigenvalue weighted by Gasteiger charge is 2.23. The van der Waals surface area contributed by atoms with Crippen molar-refractivity contribution in [3.63, 3.8) is 0 Å². The van der Waals surface area contributed by atoms with Gasteiger partial charge in [0.25, 0.3) is 0 Å². The van der Waals surface area contributed by atoms with Gasteiger partial charge in [0.05, 0.1) is 0 Å². The Morgan fingerprint density at radius 1 is 1.53 bits per heavy atom. The second-order valence-electron chi connectivity index (χ2n) is 5.85. The Morgan fingerprint density at radius 2 is 2.24 bits per heavy atom. The van der Waals surface area contributed by atoms with Gasteiger partial charge in [-0.05, 0) is 11.3 Å². The maximum absolute atomic E-state index is 11.8. The maximum Gasteiger partial charge on any atom is 0.221 e. The molecule has 1 saturated heterocycles. The van der Waals surface area contributed by atoms with Crippen LogP contribution in [-0.4, -0.2) is 36.5 Å². The van der Waals surface area contributed by atoms with Gasteiger partial charge in [0, 0.05) is 37.1 Å². The molecular weight excluding hydrogens is 232 g/mol. The van der Waals surface area contributed by atoms with Crippen molar-refractivity contribution in [1.29, 1.82) is 0 Å². The van der Waals surface area contributed by atoms with E-state index in [1.807, 2.05) is 11.8 Å². The molecule has 1 aliphatic heterocycles. The van der Waals surface area contributed by atoms with Gasteiger partial charge in [-0.3, -0.25) is 4.79 Å². The van der Waals surface area contributed by atoms with Crippen LogP contribution in [0.25, 0.3) is 0 Å². The van der Waals surface area contributed by atoms with Crippen molar-refractivity contribution in [2.75, 3.05) is 24.6 Å². The lowest BCUT2D eigenvalue weighted by Crippen LogP contribution is -2.43. The average Bonchev–Trinajstić information content (AvgIpc) is 2.28. The number of hydrogen-bond acceptors (Lipinski definition) is 3. The minimum Gasteiger partial charge on any atom is -0.356 e. The Kier molecular flexibility index (Phi) is 5.80. The molecule has 1 atom stereocenters. The van der Waals surface area contributed by atoms with Crippen molar-refractivity contribution < 1.29 is 4.79 Å². The van der Waals surface area contributed by atoms with Gasteiger partial charge in [-0.2, -0.15) is 11.8 Å². The first-order valence-electron chi connectivity index (χ1n) is 6.49. The summed E-state index contributed by atoms with van der Waals surface area (Å²) >= 11 is 1.93. The quantitative estimate of drug-likeness (QED) is 0.791. The molecule has 0 aromatic rings. The zero-order chi connectivity index (χ0) is 12.9. The fourth-order valence-corrected chi connectivity index (χ4v) is 2.53. The van der Waals surface area contributed by atoms with E-state index in [9.17, 15) is 4.79 Å². The molecule has 0 aromatic carbocycles. The SMILES string of the molecule is CC(C)C(C)(C)CNC(=O)CC1CSCCN1. The molecule has 1 aliphatic rings. The van der Waals surface area contributed by atoms with E-state index in [4.69, 9.17) is 0 Å². The summed E-state index contributed by atoms with van der Waals surface area (Å²) in [6.45, 7) is 10.6. The number of rotatable bonds is 5. The van der Waals surface area contributed by atoms with Gasteiger partial charge >= 0.3 is 0 Å². The number of carbonyl (C=O) groups is 1. The number of carbonyl (C=O) groups excluding carboxylic acids is 1. The van der Waals surface area contributed by atoms with Crippen molar-refractivity contribution in [3.05, 3.63) is 0 Å². The molecule has 4 heteroatoms.